The standard InChI is InChI=1S/C17H12N4O3/c22-17(23)12-4-2-1-3-11(7-12)16-20-14-6-5-13(8-15(14)24-16)21-10-18-9-19-21/h2-10H,1H2,(H,22,23). The summed E-state index contributed by atoms with van der Waals surface area (Å²) in [5.41, 5.74) is 2.94. The molecule has 3 aromatic rings. The fourth-order valence-corrected chi connectivity index (χ4v) is 2.47. The van der Waals surface area contributed by atoms with Crippen molar-refractivity contribution in [1.29, 1.82) is 0 Å². The number of hydrogen-bond acceptors (Lipinski definition) is 5. The van der Waals surface area contributed by atoms with Gasteiger partial charge in [0.2, 0.25) is 5.89 Å². The minimum absolute atomic E-state index is 0.198. The second kappa shape index (κ2) is 5.62. The molecule has 1 aromatic carbocycles. The molecule has 0 bridgehead atoms. The van der Waals surface area contributed by atoms with Crippen molar-refractivity contribution in [3.05, 3.63) is 66.6 Å². The van der Waals surface area contributed by atoms with E-state index in [9.17, 15) is 9.90 Å². The van der Waals surface area contributed by atoms with Gasteiger partial charge < -0.3 is 9.52 Å². The third-order valence-corrected chi connectivity index (χ3v) is 3.63. The lowest BCUT2D eigenvalue weighted by Gasteiger charge is -1.98. The number of allylic oxidation sites excluding steroid dienone is 4. The van der Waals surface area contributed by atoms with Crippen molar-refractivity contribution >= 4 is 22.6 Å². The fraction of sp³-hybridized carbons (Fsp3) is 0.0588. The molecule has 0 unspecified atom stereocenters. The maximum atomic E-state index is 11.2. The van der Waals surface area contributed by atoms with Crippen molar-refractivity contribution < 1.29 is 14.3 Å². The van der Waals surface area contributed by atoms with E-state index in [1.807, 2.05) is 24.3 Å². The second-order valence-electron chi connectivity index (χ2n) is 5.21. The lowest BCUT2D eigenvalue weighted by atomic mass is 10.1. The number of oxazole rings is 1. The highest BCUT2D eigenvalue weighted by Gasteiger charge is 2.14. The van der Waals surface area contributed by atoms with Gasteiger partial charge in [-0.2, -0.15) is 5.10 Å². The maximum Gasteiger partial charge on any atom is 0.335 e. The Morgan fingerprint density at radius 3 is 3.04 bits per heavy atom. The van der Waals surface area contributed by atoms with Gasteiger partial charge in [-0.15, -0.1) is 0 Å². The predicted molar refractivity (Wildman–Crippen MR) is 86.4 cm³/mol. The summed E-state index contributed by atoms with van der Waals surface area (Å²) in [7, 11) is 0. The van der Waals surface area contributed by atoms with Gasteiger partial charge >= 0.3 is 5.97 Å². The number of aromatic nitrogens is 4. The summed E-state index contributed by atoms with van der Waals surface area (Å²) in [6.07, 6.45) is 10.5. The molecule has 0 atom stereocenters. The number of benzene rings is 1. The molecule has 1 N–H and O–H groups in total. The Balaban J connectivity index is 1.76. The molecule has 118 valence electrons. The zero-order chi connectivity index (χ0) is 16.5. The number of rotatable bonds is 3. The molecular weight excluding hydrogens is 308 g/mol. The summed E-state index contributed by atoms with van der Waals surface area (Å²) in [5, 5.41) is 13.3. The van der Waals surface area contributed by atoms with Gasteiger partial charge in [0.25, 0.3) is 0 Å². The number of carboxylic acid groups (broad SMARTS) is 1. The Hall–Kier alpha value is -3.48. The summed E-state index contributed by atoms with van der Waals surface area (Å²) in [6, 6.07) is 5.51. The highest BCUT2D eigenvalue weighted by molar-refractivity contribution is 5.94. The summed E-state index contributed by atoms with van der Waals surface area (Å²) < 4.78 is 7.45. The molecule has 2 aromatic heterocycles. The number of hydrogen-bond donors (Lipinski definition) is 1. The molecule has 0 spiro atoms. The van der Waals surface area contributed by atoms with E-state index in [-0.39, 0.29) is 5.57 Å². The van der Waals surface area contributed by atoms with Crippen LogP contribution in [0.25, 0.3) is 22.4 Å². The summed E-state index contributed by atoms with van der Waals surface area (Å²) in [4.78, 5) is 19.6. The highest BCUT2D eigenvalue weighted by Crippen LogP contribution is 2.26. The first-order valence-electron chi connectivity index (χ1n) is 7.28. The van der Waals surface area contributed by atoms with Gasteiger partial charge in [-0.1, -0.05) is 18.2 Å². The maximum absolute atomic E-state index is 11.2. The molecule has 1 aliphatic carbocycles. The van der Waals surface area contributed by atoms with Crippen LogP contribution in [0.1, 0.15) is 12.3 Å². The van der Waals surface area contributed by atoms with Crippen LogP contribution >= 0.6 is 0 Å². The van der Waals surface area contributed by atoms with Crippen molar-refractivity contribution in [2.45, 2.75) is 6.42 Å². The molecule has 24 heavy (non-hydrogen) atoms. The molecule has 7 nitrogen and oxygen atoms in total. The average Bonchev–Trinajstić information content (AvgIpc) is 3.18. The van der Waals surface area contributed by atoms with Crippen LogP contribution in [0.2, 0.25) is 0 Å². The van der Waals surface area contributed by atoms with E-state index < -0.39 is 5.97 Å². The van der Waals surface area contributed by atoms with Crippen LogP contribution in [-0.2, 0) is 4.79 Å². The van der Waals surface area contributed by atoms with Crippen LogP contribution < -0.4 is 0 Å². The van der Waals surface area contributed by atoms with Crippen molar-refractivity contribution in [3.63, 3.8) is 0 Å². The van der Waals surface area contributed by atoms with E-state index in [2.05, 4.69) is 15.1 Å². The van der Waals surface area contributed by atoms with Gasteiger partial charge in [-0.25, -0.2) is 19.4 Å². The second-order valence-corrected chi connectivity index (χ2v) is 5.21. The quantitative estimate of drug-likeness (QED) is 0.797. The summed E-state index contributed by atoms with van der Waals surface area (Å²) in [5.74, 6) is -0.591. The normalized spacial score (nSPS) is 14.3. The molecule has 1 aliphatic rings. The topological polar surface area (TPSA) is 94.0 Å². The zero-order valence-electron chi connectivity index (χ0n) is 12.5. The van der Waals surface area contributed by atoms with Crippen LogP contribution in [0.4, 0.5) is 0 Å². The molecule has 0 aliphatic heterocycles. The fourth-order valence-electron chi connectivity index (χ4n) is 2.47. The zero-order valence-corrected chi connectivity index (χ0v) is 12.5. The molecule has 0 saturated heterocycles. The van der Waals surface area contributed by atoms with E-state index in [0.717, 1.165) is 5.69 Å². The number of carboxylic acids is 1. The van der Waals surface area contributed by atoms with Crippen LogP contribution in [0.3, 0.4) is 0 Å². The van der Waals surface area contributed by atoms with Crippen LogP contribution in [0.5, 0.6) is 0 Å². The molecule has 0 saturated carbocycles. The van der Waals surface area contributed by atoms with Gasteiger partial charge in [0.1, 0.15) is 18.2 Å². The smallest absolute Gasteiger partial charge is 0.335 e. The molecule has 0 amide bonds. The Bertz CT molecular complexity index is 1010. The Morgan fingerprint density at radius 1 is 1.33 bits per heavy atom. The van der Waals surface area contributed by atoms with E-state index in [0.29, 0.717) is 29.0 Å². The van der Waals surface area contributed by atoms with Crippen LogP contribution in [0.15, 0.2) is 65.1 Å². The van der Waals surface area contributed by atoms with E-state index >= 15 is 0 Å². The van der Waals surface area contributed by atoms with Gasteiger partial charge in [0, 0.05) is 11.6 Å². The monoisotopic (exact) mass is 320 g/mol. The van der Waals surface area contributed by atoms with Crippen LogP contribution in [-0.4, -0.2) is 30.8 Å². The Morgan fingerprint density at radius 2 is 2.25 bits per heavy atom. The summed E-state index contributed by atoms with van der Waals surface area (Å²) >= 11 is 0. The van der Waals surface area contributed by atoms with Crippen molar-refractivity contribution in [2.75, 3.05) is 0 Å². The van der Waals surface area contributed by atoms with Crippen LogP contribution in [0, 0.1) is 0 Å². The van der Waals surface area contributed by atoms with Crippen molar-refractivity contribution in [2.24, 2.45) is 0 Å². The van der Waals surface area contributed by atoms with Crippen molar-refractivity contribution in [3.8, 4) is 5.69 Å². The number of aliphatic carboxylic acids is 1. The molecule has 4 rings (SSSR count). The molecular formula is C17H12N4O3. The Labute approximate surface area is 136 Å². The minimum Gasteiger partial charge on any atom is -0.478 e. The molecule has 2 heterocycles. The first-order chi connectivity index (χ1) is 11.7. The van der Waals surface area contributed by atoms with Crippen molar-refractivity contribution in [1.82, 2.24) is 19.7 Å². The number of fused-ring (bicyclic) bond motifs is 1. The third kappa shape index (κ3) is 2.52. The van der Waals surface area contributed by atoms with Gasteiger partial charge in [-0.3, -0.25) is 0 Å². The number of carbonyl (C=O) groups is 1. The third-order valence-electron chi connectivity index (χ3n) is 3.63. The first-order valence-corrected chi connectivity index (χ1v) is 7.28. The highest BCUT2D eigenvalue weighted by atomic mass is 16.4. The number of nitrogens with zero attached hydrogens (tertiary/aromatic N) is 4. The SMILES string of the molecule is O=C(O)C1=CC(c2nc3ccc(-n4cncn4)cc3o2)=CCC=C1. The largest absolute Gasteiger partial charge is 0.478 e. The Kier molecular flexibility index (Phi) is 3.31. The molecule has 7 heteroatoms. The first kappa shape index (κ1) is 14.1. The van der Waals surface area contributed by atoms with Gasteiger partial charge in [0.15, 0.2) is 5.58 Å². The van der Waals surface area contributed by atoms with E-state index in [1.54, 1.807) is 29.2 Å². The lowest BCUT2D eigenvalue weighted by Crippen LogP contribution is -1.97. The minimum atomic E-state index is -0.983. The summed E-state index contributed by atoms with van der Waals surface area (Å²) in [6.45, 7) is 0. The molecule has 0 fully saturated rings. The van der Waals surface area contributed by atoms with Gasteiger partial charge in [0.05, 0.1) is 11.3 Å². The predicted octanol–water partition coefficient (Wildman–Crippen LogP) is 2.76. The average molecular weight is 320 g/mol. The van der Waals surface area contributed by atoms with E-state index in [1.165, 1.54) is 6.33 Å². The van der Waals surface area contributed by atoms with E-state index in [4.69, 9.17) is 4.42 Å². The molecule has 0 radical (unpaired) electrons. The lowest BCUT2D eigenvalue weighted by molar-refractivity contribution is -0.132. The van der Waals surface area contributed by atoms with Gasteiger partial charge in [-0.05, 0) is 24.6 Å².